The van der Waals surface area contributed by atoms with E-state index in [1.54, 1.807) is 0 Å². The van der Waals surface area contributed by atoms with E-state index in [0.717, 1.165) is 67.7 Å². The molecule has 3 heterocycles. The van der Waals surface area contributed by atoms with Crippen molar-refractivity contribution in [3.8, 4) is 11.3 Å². The van der Waals surface area contributed by atoms with Crippen molar-refractivity contribution in [3.05, 3.63) is 54.1 Å². The van der Waals surface area contributed by atoms with Gasteiger partial charge in [0.15, 0.2) is 5.82 Å². The van der Waals surface area contributed by atoms with Crippen LogP contribution in [0.25, 0.3) is 22.0 Å². The summed E-state index contributed by atoms with van der Waals surface area (Å²) < 4.78 is 33.7. The smallest absolute Gasteiger partial charge is 0.225 e. The molecule has 0 radical (unpaired) electrons. The van der Waals surface area contributed by atoms with Gasteiger partial charge in [0.2, 0.25) is 5.91 Å². The molecule has 2 aliphatic heterocycles. The number of halogens is 2. The minimum atomic E-state index is -0.532. The molecule has 2 saturated heterocycles. The average molecular weight is 479 g/mol. The number of ether oxygens (including phenoxy) is 1. The van der Waals surface area contributed by atoms with Gasteiger partial charge in [0, 0.05) is 54.6 Å². The number of anilines is 1. The fourth-order valence-corrected chi connectivity index (χ4v) is 6.08. The number of carbonyl (C=O) groups excluding carboxylic acids is 1. The summed E-state index contributed by atoms with van der Waals surface area (Å²) in [4.78, 5) is 15.0. The molecule has 0 spiro atoms. The number of amides is 1. The maximum atomic E-state index is 14.5. The van der Waals surface area contributed by atoms with E-state index in [2.05, 4.69) is 20.4 Å². The highest BCUT2D eigenvalue weighted by Gasteiger charge is 2.43. The molecule has 2 unspecified atom stereocenters. The number of hydrogen-bond acceptors (Lipinski definition) is 5. The quantitative estimate of drug-likeness (QED) is 0.591. The first-order valence-corrected chi connectivity index (χ1v) is 12.4. The lowest BCUT2D eigenvalue weighted by atomic mass is 9.98. The van der Waals surface area contributed by atoms with Gasteiger partial charge >= 0.3 is 0 Å². The zero-order valence-electron chi connectivity index (χ0n) is 19.4. The highest BCUT2D eigenvalue weighted by Crippen LogP contribution is 2.41. The summed E-state index contributed by atoms with van der Waals surface area (Å²) in [6.07, 6.45) is 3.60. The Labute approximate surface area is 202 Å². The molecule has 1 N–H and O–H groups in total. The zero-order chi connectivity index (χ0) is 23.9. The molecule has 0 bridgehead atoms. The van der Waals surface area contributed by atoms with Crippen molar-refractivity contribution in [2.45, 2.75) is 31.7 Å². The van der Waals surface area contributed by atoms with Crippen LogP contribution in [0.4, 0.5) is 14.6 Å². The van der Waals surface area contributed by atoms with E-state index in [1.165, 1.54) is 0 Å². The van der Waals surface area contributed by atoms with Crippen LogP contribution in [0, 0.1) is 29.4 Å². The van der Waals surface area contributed by atoms with Gasteiger partial charge in [-0.05, 0) is 55.7 Å². The number of fused-ring (bicyclic) bond motifs is 2. The van der Waals surface area contributed by atoms with Crippen LogP contribution >= 0.6 is 0 Å². The Balaban J connectivity index is 1.18. The molecule has 1 aromatic heterocycles. The van der Waals surface area contributed by atoms with Gasteiger partial charge in [0.25, 0.3) is 0 Å². The van der Waals surface area contributed by atoms with Gasteiger partial charge in [0.1, 0.15) is 17.3 Å². The summed E-state index contributed by atoms with van der Waals surface area (Å²) in [6.45, 7) is 3.01. The van der Waals surface area contributed by atoms with E-state index in [-0.39, 0.29) is 17.5 Å². The lowest BCUT2D eigenvalue weighted by Gasteiger charge is -2.27. The summed E-state index contributed by atoms with van der Waals surface area (Å²) in [6, 6.07) is 11.2. The molecule has 35 heavy (non-hydrogen) atoms. The fraction of sp³-hybridized carbons (Fsp3) is 0.444. The van der Waals surface area contributed by atoms with Gasteiger partial charge in [-0.2, -0.15) is 0 Å². The average Bonchev–Trinajstić information content (AvgIpc) is 3.45. The lowest BCUT2D eigenvalue weighted by Crippen LogP contribution is -2.38. The summed E-state index contributed by atoms with van der Waals surface area (Å²) in [5.74, 6) is 0.976. The van der Waals surface area contributed by atoms with E-state index in [1.807, 2.05) is 24.3 Å². The maximum absolute atomic E-state index is 14.5. The van der Waals surface area contributed by atoms with Gasteiger partial charge < -0.3 is 15.0 Å². The molecule has 1 saturated carbocycles. The molecular formula is C27H28F2N4O2. The normalized spacial score (nSPS) is 24.6. The van der Waals surface area contributed by atoms with Crippen molar-refractivity contribution in [2.75, 3.05) is 31.6 Å². The van der Waals surface area contributed by atoms with Gasteiger partial charge in [-0.1, -0.05) is 24.3 Å². The Morgan fingerprint density at radius 3 is 2.43 bits per heavy atom. The van der Waals surface area contributed by atoms with E-state index < -0.39 is 11.6 Å². The number of hydrogen-bond donors (Lipinski definition) is 1. The Morgan fingerprint density at radius 1 is 0.971 bits per heavy atom. The Bertz CT molecular complexity index is 1250. The molecule has 3 aromatic rings. The van der Waals surface area contributed by atoms with Crippen molar-refractivity contribution >= 4 is 22.5 Å². The van der Waals surface area contributed by atoms with Gasteiger partial charge in [-0.15, -0.1) is 10.2 Å². The number of aromatic nitrogens is 2. The number of nitrogens with zero attached hydrogens (tertiary/aromatic N) is 3. The molecule has 6 rings (SSSR count). The standard InChI is InChI=1S/C27H28F2N4O2/c28-19-5-6-24(29)23(13-19)25-21-3-1-2-4-22(21)26(32-31-25)30-20-11-17-14-33(15-18(17)12-20)27(34)16-7-9-35-10-8-16/h1-6,13,16-18,20H,7-12,14-15H2,(H,30,32)/t17-,18?,20?/m1/s1. The molecule has 6 nitrogen and oxygen atoms in total. The molecule has 3 fully saturated rings. The van der Waals surface area contributed by atoms with Crippen LogP contribution in [-0.4, -0.2) is 53.3 Å². The second kappa shape index (κ2) is 9.15. The van der Waals surface area contributed by atoms with Gasteiger partial charge in [-0.3, -0.25) is 4.79 Å². The van der Waals surface area contributed by atoms with Crippen LogP contribution in [0.1, 0.15) is 25.7 Å². The third kappa shape index (κ3) is 4.24. The zero-order valence-corrected chi connectivity index (χ0v) is 19.4. The predicted octanol–water partition coefficient (Wildman–Crippen LogP) is 4.65. The Kier molecular flexibility index (Phi) is 5.84. The largest absolute Gasteiger partial charge is 0.381 e. The fourth-order valence-electron chi connectivity index (χ4n) is 6.08. The molecular weight excluding hydrogens is 450 g/mol. The highest BCUT2D eigenvalue weighted by atomic mass is 19.1. The van der Waals surface area contributed by atoms with E-state index >= 15 is 0 Å². The molecule has 1 aliphatic carbocycles. The molecule has 3 aliphatic rings. The number of rotatable bonds is 4. The minimum Gasteiger partial charge on any atom is -0.381 e. The van der Waals surface area contributed by atoms with Crippen LogP contribution in [0.5, 0.6) is 0 Å². The van der Waals surface area contributed by atoms with Crippen molar-refractivity contribution in [2.24, 2.45) is 17.8 Å². The second-order valence-electron chi connectivity index (χ2n) is 10.0. The lowest BCUT2D eigenvalue weighted by molar-refractivity contribution is -0.137. The Morgan fingerprint density at radius 2 is 1.69 bits per heavy atom. The van der Waals surface area contributed by atoms with Crippen molar-refractivity contribution in [1.82, 2.24) is 15.1 Å². The molecule has 3 atom stereocenters. The first-order valence-electron chi connectivity index (χ1n) is 12.4. The predicted molar refractivity (Wildman–Crippen MR) is 129 cm³/mol. The van der Waals surface area contributed by atoms with Crippen LogP contribution < -0.4 is 5.32 Å². The molecule has 1 amide bonds. The maximum Gasteiger partial charge on any atom is 0.225 e. The third-order valence-electron chi connectivity index (χ3n) is 7.84. The highest BCUT2D eigenvalue weighted by molar-refractivity contribution is 6.00. The van der Waals surface area contributed by atoms with E-state index in [0.29, 0.717) is 42.5 Å². The SMILES string of the molecule is O=C(C1CCOCC1)N1CC2CC(Nc3nnc(-c4cc(F)ccc4F)c4ccccc34)C[C@@H]2C1. The molecule has 182 valence electrons. The van der Waals surface area contributed by atoms with Crippen LogP contribution in [0.15, 0.2) is 42.5 Å². The van der Waals surface area contributed by atoms with Crippen molar-refractivity contribution < 1.29 is 18.3 Å². The minimum absolute atomic E-state index is 0.102. The summed E-state index contributed by atoms with van der Waals surface area (Å²) >= 11 is 0. The Hall–Kier alpha value is -3.13. The van der Waals surface area contributed by atoms with Crippen LogP contribution in [-0.2, 0) is 9.53 Å². The number of nitrogens with one attached hydrogen (secondary N) is 1. The van der Waals surface area contributed by atoms with Crippen LogP contribution in [0.3, 0.4) is 0 Å². The first-order chi connectivity index (χ1) is 17.1. The van der Waals surface area contributed by atoms with E-state index in [9.17, 15) is 13.6 Å². The topological polar surface area (TPSA) is 67.3 Å². The molecule has 8 heteroatoms. The number of carbonyl (C=O) groups is 1. The number of likely N-dealkylation sites (tertiary alicyclic amines) is 1. The second-order valence-corrected chi connectivity index (χ2v) is 10.0. The molecule has 2 aromatic carbocycles. The van der Waals surface area contributed by atoms with E-state index in [4.69, 9.17) is 4.74 Å². The van der Waals surface area contributed by atoms with Gasteiger partial charge in [-0.25, -0.2) is 8.78 Å². The number of benzene rings is 2. The summed E-state index contributed by atoms with van der Waals surface area (Å²) in [5.41, 5.74) is 0.429. The first kappa shape index (κ1) is 22.3. The van der Waals surface area contributed by atoms with Gasteiger partial charge in [0.05, 0.1) is 0 Å². The van der Waals surface area contributed by atoms with Crippen LogP contribution in [0.2, 0.25) is 0 Å². The summed E-state index contributed by atoms with van der Waals surface area (Å²) in [5, 5.41) is 13.8. The van der Waals surface area contributed by atoms with Crippen molar-refractivity contribution in [3.63, 3.8) is 0 Å². The van der Waals surface area contributed by atoms with Crippen molar-refractivity contribution in [1.29, 1.82) is 0 Å². The monoisotopic (exact) mass is 478 g/mol. The summed E-state index contributed by atoms with van der Waals surface area (Å²) in [7, 11) is 0. The third-order valence-corrected chi connectivity index (χ3v) is 7.84.